The third-order valence-corrected chi connectivity index (χ3v) is 12.0. The van der Waals surface area contributed by atoms with E-state index in [2.05, 4.69) is 16.0 Å². The Morgan fingerprint density at radius 1 is 0.458 bits per heavy atom. The molecule has 0 aliphatic heterocycles. The van der Waals surface area contributed by atoms with Gasteiger partial charge in [0.15, 0.2) is 23.1 Å². The van der Waals surface area contributed by atoms with Crippen molar-refractivity contribution >= 4 is 35.3 Å². The van der Waals surface area contributed by atoms with E-state index >= 15 is 0 Å². The molecule has 7 N–H and O–H groups in total. The average molecular weight is 995 g/mol. The fourth-order valence-electron chi connectivity index (χ4n) is 7.87. The molecule has 16 heteroatoms. The normalized spacial score (nSPS) is 12.2. The highest BCUT2D eigenvalue weighted by Gasteiger charge is 2.30. The number of ether oxygens (including phenoxy) is 2. The first-order valence-corrected chi connectivity index (χ1v) is 24.4. The van der Waals surface area contributed by atoms with Gasteiger partial charge in [0.25, 0.3) is 0 Å². The first-order chi connectivity index (χ1) is 33.7. The molecule has 0 saturated carbocycles. The molecule has 0 heterocycles. The van der Waals surface area contributed by atoms with E-state index in [9.17, 15) is 49.2 Å². The standard InChI is InChI=1S/C56H74N4O12/c1-53(2,67)47(61)41-22-14-37(15-23-41)45(38-16-24-42(25-17-38)48(62)54(3,4)68)36-57-32-34-71-51(65)58-30-12-10-11-13-31-59-52(66)72-35-33-60(9)46(39-18-26-43(27-19-39)49(63)55(5,6)69)40-20-28-44(29-21-40)50(64)56(7,8)70/h14-29,45-46,57,67-70H,10-13,30-36H2,1-9H3,(H,58,65)(H,59,66). The van der Waals surface area contributed by atoms with Gasteiger partial charge in [0.1, 0.15) is 35.6 Å². The molecule has 2 amide bonds. The molecule has 0 aliphatic rings. The van der Waals surface area contributed by atoms with Gasteiger partial charge >= 0.3 is 12.2 Å². The van der Waals surface area contributed by atoms with Crippen LogP contribution in [0.3, 0.4) is 0 Å². The maximum atomic E-state index is 12.7. The molecule has 0 spiro atoms. The zero-order valence-corrected chi connectivity index (χ0v) is 43.2. The lowest BCUT2D eigenvalue weighted by atomic mass is 9.87. The fraction of sp³-hybridized carbons (Fsp3) is 0.464. The van der Waals surface area contributed by atoms with Crippen molar-refractivity contribution < 1.29 is 58.7 Å². The summed E-state index contributed by atoms with van der Waals surface area (Å²) in [5.74, 6) is -1.83. The van der Waals surface area contributed by atoms with Gasteiger partial charge in [0.05, 0.1) is 6.04 Å². The summed E-state index contributed by atoms with van der Waals surface area (Å²) in [5, 5.41) is 49.7. The monoisotopic (exact) mass is 995 g/mol. The van der Waals surface area contributed by atoms with Crippen LogP contribution in [0.15, 0.2) is 97.1 Å². The molecule has 0 atom stereocenters. The van der Waals surface area contributed by atoms with E-state index in [1.54, 1.807) is 72.8 Å². The second kappa shape index (κ2) is 26.0. The Labute approximate surface area is 423 Å². The number of aliphatic hydroxyl groups is 4. The molecule has 0 bridgehead atoms. The molecule has 0 aliphatic carbocycles. The Morgan fingerprint density at radius 2 is 0.764 bits per heavy atom. The van der Waals surface area contributed by atoms with Crippen LogP contribution in [0.1, 0.15) is 157 Å². The maximum absolute atomic E-state index is 12.7. The van der Waals surface area contributed by atoms with Gasteiger partial charge in [-0.1, -0.05) is 110 Å². The van der Waals surface area contributed by atoms with Gasteiger partial charge in [0.2, 0.25) is 0 Å². The summed E-state index contributed by atoms with van der Waals surface area (Å²) < 4.78 is 10.9. The van der Waals surface area contributed by atoms with E-state index < -0.39 is 57.7 Å². The van der Waals surface area contributed by atoms with Crippen LogP contribution in [0.5, 0.6) is 0 Å². The average Bonchev–Trinajstić information content (AvgIpc) is 3.32. The highest BCUT2D eigenvalue weighted by atomic mass is 16.6. The van der Waals surface area contributed by atoms with Crippen molar-refractivity contribution in [3.8, 4) is 0 Å². The molecule has 0 radical (unpaired) electrons. The Morgan fingerprint density at radius 3 is 1.08 bits per heavy atom. The molecule has 4 aromatic rings. The summed E-state index contributed by atoms with van der Waals surface area (Å²) >= 11 is 0. The largest absolute Gasteiger partial charge is 0.448 e. The molecule has 0 saturated heterocycles. The lowest BCUT2D eigenvalue weighted by Gasteiger charge is -2.29. The number of rotatable bonds is 28. The highest BCUT2D eigenvalue weighted by molar-refractivity contribution is 6.03. The third kappa shape index (κ3) is 17.9. The first-order valence-electron chi connectivity index (χ1n) is 24.4. The van der Waals surface area contributed by atoms with E-state index in [0.29, 0.717) is 67.8 Å². The number of hydrogen-bond donors (Lipinski definition) is 7. The quantitative estimate of drug-likeness (QED) is 0.0225. The van der Waals surface area contributed by atoms with Crippen molar-refractivity contribution in [2.45, 2.75) is 115 Å². The Balaban J connectivity index is 1.16. The van der Waals surface area contributed by atoms with Gasteiger partial charge in [0, 0.05) is 60.9 Å². The fourth-order valence-corrected chi connectivity index (χ4v) is 7.87. The van der Waals surface area contributed by atoms with E-state index in [4.69, 9.17) is 9.47 Å². The van der Waals surface area contributed by atoms with Crippen molar-refractivity contribution in [2.24, 2.45) is 0 Å². The van der Waals surface area contributed by atoms with Crippen LogP contribution in [-0.4, -0.2) is 136 Å². The van der Waals surface area contributed by atoms with E-state index in [1.165, 1.54) is 55.4 Å². The zero-order chi connectivity index (χ0) is 53.4. The minimum absolute atomic E-state index is 0.0791. The predicted octanol–water partition coefficient (Wildman–Crippen LogP) is 6.96. The van der Waals surface area contributed by atoms with Gasteiger partial charge in [-0.3, -0.25) is 24.1 Å². The van der Waals surface area contributed by atoms with Gasteiger partial charge in [-0.15, -0.1) is 0 Å². The van der Waals surface area contributed by atoms with Gasteiger partial charge in [-0.2, -0.15) is 0 Å². The number of nitrogens with zero attached hydrogens (tertiary/aromatic N) is 1. The Hall–Kier alpha value is -6.14. The molecule has 390 valence electrons. The number of benzene rings is 4. The first kappa shape index (κ1) is 58.4. The second-order valence-electron chi connectivity index (χ2n) is 20.2. The molecule has 16 nitrogen and oxygen atoms in total. The number of likely N-dealkylation sites (N-methyl/N-ethyl adjacent to an activating group) is 1. The molecule has 72 heavy (non-hydrogen) atoms. The van der Waals surface area contributed by atoms with E-state index in [0.717, 1.165) is 35.1 Å². The topological polar surface area (TPSA) is 241 Å². The Kier molecular flexibility index (Phi) is 21.1. The van der Waals surface area contributed by atoms with Crippen molar-refractivity contribution in [3.63, 3.8) is 0 Å². The van der Waals surface area contributed by atoms with E-state index in [1.807, 2.05) is 36.2 Å². The number of Topliss-reactive ketones (excluding diaryl/α,β-unsaturated/α-hetero) is 4. The molecular formula is C56H74N4O12. The van der Waals surface area contributed by atoms with Crippen LogP contribution in [0, 0.1) is 0 Å². The van der Waals surface area contributed by atoms with Gasteiger partial charge in [-0.05, 0) is 97.5 Å². The molecule has 4 rings (SSSR count). The molecule has 0 aromatic heterocycles. The second-order valence-corrected chi connectivity index (χ2v) is 20.2. The number of amides is 2. The van der Waals surface area contributed by atoms with Crippen molar-refractivity contribution in [2.75, 3.05) is 53.0 Å². The number of nitrogens with one attached hydrogen (secondary N) is 3. The van der Waals surface area contributed by atoms with Crippen LogP contribution in [0.2, 0.25) is 0 Å². The predicted molar refractivity (Wildman–Crippen MR) is 275 cm³/mol. The van der Waals surface area contributed by atoms with Crippen molar-refractivity contribution in [1.29, 1.82) is 0 Å². The zero-order valence-electron chi connectivity index (χ0n) is 43.2. The highest BCUT2D eigenvalue weighted by Crippen LogP contribution is 2.30. The summed E-state index contributed by atoms with van der Waals surface area (Å²) in [6.07, 6.45) is 1.95. The minimum Gasteiger partial charge on any atom is -0.448 e. The van der Waals surface area contributed by atoms with Crippen molar-refractivity contribution in [3.05, 3.63) is 142 Å². The summed E-state index contributed by atoms with van der Waals surface area (Å²) in [6.45, 7) is 13.7. The van der Waals surface area contributed by atoms with Crippen LogP contribution < -0.4 is 16.0 Å². The summed E-state index contributed by atoms with van der Waals surface area (Å²) in [5.41, 5.74) is -1.22. The molecular weight excluding hydrogens is 921 g/mol. The molecule has 4 aromatic carbocycles. The number of unbranched alkanes of at least 4 members (excludes halogenated alkanes) is 3. The number of alkyl carbamates (subject to hydrolysis) is 2. The number of carbonyl (C=O) groups excluding carboxylic acids is 6. The lowest BCUT2D eigenvalue weighted by molar-refractivity contribution is 0.0487. The molecule has 0 unspecified atom stereocenters. The van der Waals surface area contributed by atoms with Gasteiger partial charge < -0.3 is 45.9 Å². The third-order valence-electron chi connectivity index (χ3n) is 12.0. The van der Waals surface area contributed by atoms with Crippen LogP contribution >= 0.6 is 0 Å². The minimum atomic E-state index is -1.53. The maximum Gasteiger partial charge on any atom is 0.407 e. The number of ketones is 4. The summed E-state index contributed by atoms with van der Waals surface area (Å²) in [6, 6.07) is 27.4. The molecule has 0 fully saturated rings. The number of hydrogen-bond acceptors (Lipinski definition) is 14. The van der Waals surface area contributed by atoms with Crippen LogP contribution in [0.4, 0.5) is 9.59 Å². The van der Waals surface area contributed by atoms with Gasteiger partial charge in [-0.25, -0.2) is 9.59 Å². The summed E-state index contributed by atoms with van der Waals surface area (Å²) in [4.78, 5) is 77.6. The summed E-state index contributed by atoms with van der Waals surface area (Å²) in [7, 11) is 1.87. The van der Waals surface area contributed by atoms with Crippen LogP contribution in [-0.2, 0) is 9.47 Å². The number of carbonyl (C=O) groups is 6. The van der Waals surface area contributed by atoms with Crippen LogP contribution in [0.25, 0.3) is 0 Å². The smallest absolute Gasteiger partial charge is 0.407 e. The SMILES string of the molecule is CN(CCOC(=O)NCCCCCCNC(=O)OCCNCC(c1ccc(C(=O)C(C)(C)O)cc1)c1ccc(C(=O)C(C)(C)O)cc1)C(c1ccc(C(=O)C(C)(C)O)cc1)c1ccc(C(=O)C(C)(C)O)cc1. The Bertz CT molecular complexity index is 2290. The lowest BCUT2D eigenvalue weighted by Crippen LogP contribution is -2.33. The van der Waals surface area contributed by atoms with E-state index in [-0.39, 0.29) is 25.2 Å². The van der Waals surface area contributed by atoms with Crippen molar-refractivity contribution in [1.82, 2.24) is 20.9 Å².